The summed E-state index contributed by atoms with van der Waals surface area (Å²) in [5, 5.41) is 33.5. The van der Waals surface area contributed by atoms with Crippen molar-refractivity contribution in [3.8, 4) is 0 Å². The predicted molar refractivity (Wildman–Crippen MR) is 110 cm³/mol. The van der Waals surface area contributed by atoms with Crippen LogP contribution in [-0.4, -0.2) is 52.7 Å². The van der Waals surface area contributed by atoms with E-state index in [-0.39, 0.29) is 0 Å². The van der Waals surface area contributed by atoms with Crippen molar-refractivity contribution in [2.75, 3.05) is 32.3 Å². The molecule has 0 aliphatic carbocycles. The fourth-order valence-corrected chi connectivity index (χ4v) is 2.24. The molecule has 4 N–H and O–H groups in total. The third kappa shape index (κ3) is 49.5. The van der Waals surface area contributed by atoms with Gasteiger partial charge in [0.1, 0.15) is 0 Å². The van der Waals surface area contributed by atoms with Crippen molar-refractivity contribution in [3.63, 3.8) is 0 Å². The number of rotatable bonds is 14. The van der Waals surface area contributed by atoms with Crippen LogP contribution in [0.1, 0.15) is 90.9 Å². The van der Waals surface area contributed by atoms with Crippen molar-refractivity contribution in [1.29, 1.82) is 0 Å². The zero-order chi connectivity index (χ0) is 19.3. The molecule has 4 nitrogen and oxygen atoms in total. The minimum Gasteiger partial charge on any atom is -0.400 e. The lowest BCUT2D eigenvalue weighted by Gasteiger charge is -1.97. The number of alkyl halides is 1. The molecule has 5 heteroatoms. The van der Waals surface area contributed by atoms with Gasteiger partial charge in [0, 0.05) is 32.3 Å². The normalized spacial score (nSPS) is 9.00. The Bertz CT molecular complexity index is 117. The fraction of sp³-hybridized carbons (Fsp3) is 1.00. The highest BCUT2D eigenvalue weighted by molar-refractivity contribution is 9.09. The van der Waals surface area contributed by atoms with Crippen LogP contribution in [-0.2, 0) is 0 Å². The molecule has 0 bridgehead atoms. The smallest absolute Gasteiger partial charge is 0.0431 e. The summed E-state index contributed by atoms with van der Waals surface area (Å²) in [6, 6.07) is 0. The molecule has 0 aliphatic heterocycles. The Hall–Kier alpha value is 0.320. The van der Waals surface area contributed by atoms with Crippen LogP contribution in [0.5, 0.6) is 0 Å². The Kier molecular flexibility index (Phi) is 58.2. The van der Waals surface area contributed by atoms with E-state index in [1.807, 2.05) is 13.8 Å². The van der Waals surface area contributed by atoms with Crippen LogP contribution in [0.3, 0.4) is 0 Å². The highest BCUT2D eigenvalue weighted by Gasteiger charge is 1.89. The summed E-state index contributed by atoms with van der Waals surface area (Å²) in [5.74, 6) is 0. The molecule has 0 aromatic rings. The zero-order valence-corrected chi connectivity index (χ0v) is 18.1. The summed E-state index contributed by atoms with van der Waals surface area (Å²) < 4.78 is 0. The van der Waals surface area contributed by atoms with Gasteiger partial charge in [-0.05, 0) is 25.7 Å². The van der Waals surface area contributed by atoms with Crippen LogP contribution in [0.15, 0.2) is 0 Å². The molecule has 0 amide bonds. The first-order valence-electron chi connectivity index (χ1n) is 9.66. The van der Waals surface area contributed by atoms with Crippen LogP contribution in [0.4, 0.5) is 0 Å². The van der Waals surface area contributed by atoms with Crippen LogP contribution in [0.2, 0.25) is 0 Å². The number of hydrogen-bond donors (Lipinski definition) is 4. The van der Waals surface area contributed by atoms with Crippen molar-refractivity contribution in [2.24, 2.45) is 0 Å². The molecule has 0 saturated carbocycles. The second-order valence-electron chi connectivity index (χ2n) is 5.10. The number of halogens is 1. The first-order valence-corrected chi connectivity index (χ1v) is 10.8. The lowest BCUT2D eigenvalue weighted by Crippen LogP contribution is -1.85. The quantitative estimate of drug-likeness (QED) is 0.245. The second kappa shape index (κ2) is 43.6. The summed E-state index contributed by atoms with van der Waals surface area (Å²) in [6.07, 6.45) is 13.9. The maximum atomic E-state index is 8.46. The van der Waals surface area contributed by atoms with E-state index in [0.29, 0.717) is 19.8 Å². The van der Waals surface area contributed by atoms with E-state index in [1.54, 1.807) is 0 Å². The average Bonchev–Trinajstić information content (AvgIpc) is 2.65. The van der Waals surface area contributed by atoms with Gasteiger partial charge in [-0.1, -0.05) is 81.1 Å². The van der Waals surface area contributed by atoms with Gasteiger partial charge in [0.2, 0.25) is 0 Å². The summed E-state index contributed by atoms with van der Waals surface area (Å²) in [7, 11) is 1.00. The van der Waals surface area contributed by atoms with Gasteiger partial charge in [-0.2, -0.15) is 0 Å². The molecule has 24 heavy (non-hydrogen) atoms. The molecule has 0 rings (SSSR count). The van der Waals surface area contributed by atoms with E-state index in [2.05, 4.69) is 15.9 Å². The molecule has 0 atom stereocenters. The highest BCUT2D eigenvalue weighted by atomic mass is 79.9. The van der Waals surface area contributed by atoms with Gasteiger partial charge < -0.3 is 20.4 Å². The first-order chi connectivity index (χ1) is 11.8. The van der Waals surface area contributed by atoms with Gasteiger partial charge in [0.25, 0.3) is 0 Å². The number of aliphatic hydroxyl groups is 4. The minimum atomic E-state index is 0.319. The first kappa shape index (κ1) is 32.0. The standard InChI is InChI=1S/C8H17BrO.C8H18O2.C2H6.CH4O/c2*9-7-5-3-1-2-4-6-8-10;2*1-2/h10H,1-8H2;9-10H,1-8H2;1-2H3;2H,1H3. The van der Waals surface area contributed by atoms with Crippen molar-refractivity contribution >= 4 is 15.9 Å². The molecule has 0 aromatic carbocycles. The summed E-state index contributed by atoms with van der Waals surface area (Å²) in [6.45, 7) is 5.00. The second-order valence-corrected chi connectivity index (χ2v) is 5.90. The van der Waals surface area contributed by atoms with Crippen molar-refractivity contribution in [1.82, 2.24) is 0 Å². The van der Waals surface area contributed by atoms with Gasteiger partial charge in [0.15, 0.2) is 0 Å². The fourth-order valence-electron chi connectivity index (χ4n) is 1.84. The Morgan fingerprint density at radius 3 is 0.875 bits per heavy atom. The third-order valence-corrected chi connectivity index (χ3v) is 3.67. The van der Waals surface area contributed by atoms with Gasteiger partial charge in [-0.15, -0.1) is 0 Å². The Morgan fingerprint density at radius 2 is 0.667 bits per heavy atom. The topological polar surface area (TPSA) is 80.9 Å². The lowest BCUT2D eigenvalue weighted by atomic mass is 10.1. The molecular formula is C19H45BrO4. The molecule has 0 heterocycles. The molecule has 152 valence electrons. The molecule has 0 radical (unpaired) electrons. The largest absolute Gasteiger partial charge is 0.400 e. The summed E-state index contributed by atoms with van der Waals surface area (Å²) in [4.78, 5) is 0. The maximum absolute atomic E-state index is 8.46. The van der Waals surface area contributed by atoms with Gasteiger partial charge in [-0.3, -0.25) is 0 Å². The van der Waals surface area contributed by atoms with Crippen molar-refractivity contribution in [2.45, 2.75) is 90.9 Å². The van der Waals surface area contributed by atoms with Crippen LogP contribution in [0.25, 0.3) is 0 Å². The zero-order valence-electron chi connectivity index (χ0n) is 16.5. The van der Waals surface area contributed by atoms with E-state index < -0.39 is 0 Å². The van der Waals surface area contributed by atoms with Crippen LogP contribution < -0.4 is 0 Å². The van der Waals surface area contributed by atoms with E-state index in [9.17, 15) is 0 Å². The lowest BCUT2D eigenvalue weighted by molar-refractivity contribution is 0.275. The number of aliphatic hydroxyl groups excluding tert-OH is 4. The van der Waals surface area contributed by atoms with Crippen LogP contribution >= 0.6 is 15.9 Å². The van der Waals surface area contributed by atoms with E-state index in [0.717, 1.165) is 44.5 Å². The predicted octanol–water partition coefficient (Wildman–Crippen LogP) is 4.66. The molecule has 0 aliphatic rings. The molecule has 0 spiro atoms. The van der Waals surface area contributed by atoms with Gasteiger partial charge in [-0.25, -0.2) is 0 Å². The molecule has 0 fully saturated rings. The number of hydrogen-bond acceptors (Lipinski definition) is 4. The molecule has 0 aromatic heterocycles. The molecule has 0 unspecified atom stereocenters. The monoisotopic (exact) mass is 416 g/mol. The van der Waals surface area contributed by atoms with Gasteiger partial charge in [0.05, 0.1) is 0 Å². The van der Waals surface area contributed by atoms with Crippen molar-refractivity contribution in [3.05, 3.63) is 0 Å². The molecule has 0 saturated heterocycles. The molecular weight excluding hydrogens is 372 g/mol. The maximum Gasteiger partial charge on any atom is 0.0431 e. The van der Waals surface area contributed by atoms with Gasteiger partial charge >= 0.3 is 0 Å². The highest BCUT2D eigenvalue weighted by Crippen LogP contribution is 2.05. The summed E-state index contributed by atoms with van der Waals surface area (Å²) in [5.41, 5.74) is 0. The van der Waals surface area contributed by atoms with Crippen LogP contribution in [0, 0.1) is 0 Å². The number of unbranched alkanes of at least 4 members (excludes halogenated alkanes) is 10. The van der Waals surface area contributed by atoms with E-state index in [1.165, 1.54) is 44.9 Å². The van der Waals surface area contributed by atoms with Crippen molar-refractivity contribution < 1.29 is 20.4 Å². The Balaban J connectivity index is -0.000000138. The SMILES string of the molecule is CC.CO.OCCCCCCCCBr.OCCCCCCCCO. The summed E-state index contributed by atoms with van der Waals surface area (Å²) >= 11 is 3.39. The average molecular weight is 417 g/mol. The Labute approximate surface area is 159 Å². The Morgan fingerprint density at radius 1 is 0.458 bits per heavy atom. The minimum absolute atomic E-state index is 0.319. The van der Waals surface area contributed by atoms with E-state index in [4.69, 9.17) is 20.4 Å². The third-order valence-electron chi connectivity index (χ3n) is 3.11. The van der Waals surface area contributed by atoms with E-state index >= 15 is 0 Å².